The molecular weight excluding hydrogens is 341 g/mol. The van der Waals surface area contributed by atoms with Crippen molar-refractivity contribution in [3.63, 3.8) is 0 Å². The van der Waals surface area contributed by atoms with E-state index in [4.69, 9.17) is 9.47 Å². The van der Waals surface area contributed by atoms with Gasteiger partial charge in [0.1, 0.15) is 0 Å². The number of hydrogen-bond donors (Lipinski definition) is 1. The van der Waals surface area contributed by atoms with E-state index in [9.17, 15) is 0 Å². The Morgan fingerprint density at radius 1 is 1.28 bits per heavy atom. The van der Waals surface area contributed by atoms with Crippen LogP contribution >= 0.6 is 22.6 Å². The molecule has 1 atom stereocenters. The lowest BCUT2D eigenvalue weighted by Gasteiger charge is -2.20. The maximum Gasteiger partial charge on any atom is 0.159 e. The number of ether oxygens (including phenoxy) is 2. The highest BCUT2D eigenvalue weighted by atomic mass is 127. The lowest BCUT2D eigenvalue weighted by atomic mass is 10.0. The highest BCUT2D eigenvalue weighted by molar-refractivity contribution is 14.1. The van der Waals surface area contributed by atoms with Crippen LogP contribution in [0.2, 0.25) is 0 Å². The van der Waals surface area contributed by atoms with E-state index in [1.165, 1.54) is 9.13 Å². The van der Waals surface area contributed by atoms with Gasteiger partial charge in [-0.15, -0.1) is 0 Å². The number of halogens is 1. The Labute approximate surface area is 122 Å². The highest BCUT2D eigenvalue weighted by Crippen LogP contribution is 2.15. The summed E-state index contributed by atoms with van der Waals surface area (Å²) in [4.78, 5) is 0. The molecule has 1 unspecified atom stereocenters. The maximum atomic E-state index is 5.52. The quantitative estimate of drug-likeness (QED) is 0.791. The molecule has 1 saturated heterocycles. The third-order valence-electron chi connectivity index (χ3n) is 3.06. The summed E-state index contributed by atoms with van der Waals surface area (Å²) in [5, 5.41) is 3.51. The Hall–Kier alpha value is -0.170. The van der Waals surface area contributed by atoms with Crippen molar-refractivity contribution in [1.82, 2.24) is 5.32 Å². The summed E-state index contributed by atoms with van der Waals surface area (Å²) in [6, 6.07) is 9.12. The number of nitrogens with one attached hydrogen (secondary N) is 1. The van der Waals surface area contributed by atoms with Crippen molar-refractivity contribution >= 4 is 22.6 Å². The van der Waals surface area contributed by atoms with Gasteiger partial charge in [0.25, 0.3) is 0 Å². The average molecular weight is 361 g/mol. The summed E-state index contributed by atoms with van der Waals surface area (Å²) >= 11 is 2.33. The highest BCUT2D eigenvalue weighted by Gasteiger charge is 2.21. The van der Waals surface area contributed by atoms with E-state index in [-0.39, 0.29) is 6.29 Å². The van der Waals surface area contributed by atoms with Crippen LogP contribution in [0.5, 0.6) is 0 Å². The number of hydrogen-bond acceptors (Lipinski definition) is 3. The molecule has 4 heteroatoms. The minimum absolute atomic E-state index is 0.0297. The van der Waals surface area contributed by atoms with Crippen LogP contribution in [0.3, 0.4) is 0 Å². The molecule has 0 bridgehead atoms. The van der Waals surface area contributed by atoms with Crippen molar-refractivity contribution in [1.29, 1.82) is 0 Å². The first kappa shape index (κ1) is 14.2. The molecule has 1 aliphatic heterocycles. The minimum atomic E-state index is -0.0297. The minimum Gasteiger partial charge on any atom is -0.350 e. The molecule has 1 heterocycles. The van der Waals surface area contributed by atoms with Crippen molar-refractivity contribution in [2.45, 2.75) is 32.1 Å². The first-order chi connectivity index (χ1) is 8.78. The molecule has 1 aliphatic rings. The Bertz CT molecular complexity index is 349. The van der Waals surface area contributed by atoms with Crippen molar-refractivity contribution < 1.29 is 9.47 Å². The van der Waals surface area contributed by atoms with Crippen molar-refractivity contribution in [3.05, 3.63) is 33.4 Å². The SMILES string of the molecule is CCNC(Cc1ccc(I)cc1)CC1OCCO1. The number of rotatable bonds is 6. The first-order valence-electron chi connectivity index (χ1n) is 6.49. The molecule has 1 aromatic carbocycles. The fourth-order valence-corrected chi connectivity index (χ4v) is 2.57. The van der Waals surface area contributed by atoms with Gasteiger partial charge in [0.2, 0.25) is 0 Å². The van der Waals surface area contributed by atoms with Gasteiger partial charge in [-0.2, -0.15) is 0 Å². The Kier molecular flexibility index (Phi) is 5.88. The average Bonchev–Trinajstić information content (AvgIpc) is 2.85. The van der Waals surface area contributed by atoms with Crippen LogP contribution in [0.1, 0.15) is 18.9 Å². The summed E-state index contributed by atoms with van der Waals surface area (Å²) in [6.45, 7) is 4.57. The standard InChI is InChI=1S/C14H20INO2/c1-2-16-13(10-14-17-7-8-18-14)9-11-3-5-12(15)6-4-11/h3-6,13-14,16H,2,7-10H2,1H3. The Morgan fingerprint density at radius 3 is 2.56 bits per heavy atom. The third-order valence-corrected chi connectivity index (χ3v) is 3.78. The maximum absolute atomic E-state index is 5.52. The van der Waals surface area contributed by atoms with E-state index in [2.05, 4.69) is 59.1 Å². The van der Waals surface area contributed by atoms with Crippen molar-refractivity contribution in [2.24, 2.45) is 0 Å². The van der Waals surface area contributed by atoms with Gasteiger partial charge in [-0.25, -0.2) is 0 Å². The van der Waals surface area contributed by atoms with Gasteiger partial charge in [0.15, 0.2) is 6.29 Å². The molecule has 2 rings (SSSR count). The van der Waals surface area contributed by atoms with Gasteiger partial charge in [-0.05, 0) is 53.3 Å². The number of benzene rings is 1. The topological polar surface area (TPSA) is 30.5 Å². The van der Waals surface area contributed by atoms with Gasteiger partial charge in [-0.1, -0.05) is 19.1 Å². The Balaban J connectivity index is 1.90. The van der Waals surface area contributed by atoms with Gasteiger partial charge >= 0.3 is 0 Å². The fraction of sp³-hybridized carbons (Fsp3) is 0.571. The van der Waals surface area contributed by atoms with Crippen molar-refractivity contribution in [2.75, 3.05) is 19.8 Å². The molecule has 0 aromatic heterocycles. The lowest BCUT2D eigenvalue weighted by molar-refractivity contribution is -0.0525. The molecule has 0 spiro atoms. The summed E-state index contributed by atoms with van der Waals surface area (Å²) in [5.41, 5.74) is 1.36. The summed E-state index contributed by atoms with van der Waals surface area (Å²) in [5.74, 6) is 0. The van der Waals surface area contributed by atoms with Gasteiger partial charge in [-0.3, -0.25) is 0 Å². The van der Waals surface area contributed by atoms with Gasteiger partial charge in [0, 0.05) is 16.0 Å². The molecule has 3 nitrogen and oxygen atoms in total. The normalized spacial score (nSPS) is 18.1. The first-order valence-corrected chi connectivity index (χ1v) is 7.57. The van der Waals surface area contributed by atoms with Crippen molar-refractivity contribution in [3.8, 4) is 0 Å². The summed E-state index contributed by atoms with van der Waals surface area (Å²) < 4.78 is 12.3. The van der Waals surface area contributed by atoms with E-state index >= 15 is 0 Å². The summed E-state index contributed by atoms with van der Waals surface area (Å²) in [6.07, 6.45) is 1.91. The van der Waals surface area contributed by atoms with Crippen LogP contribution in [0, 0.1) is 3.57 Å². The second-order valence-electron chi connectivity index (χ2n) is 4.49. The van der Waals surface area contributed by atoms with Crippen LogP contribution < -0.4 is 5.32 Å². The second kappa shape index (κ2) is 7.43. The van der Waals surface area contributed by atoms with Crippen LogP contribution in [0.4, 0.5) is 0 Å². The molecule has 1 aromatic rings. The molecule has 0 aliphatic carbocycles. The molecular formula is C14H20INO2. The zero-order valence-corrected chi connectivity index (χ0v) is 12.9. The van der Waals surface area contributed by atoms with Gasteiger partial charge in [0.05, 0.1) is 13.2 Å². The molecule has 1 N–H and O–H groups in total. The molecule has 0 radical (unpaired) electrons. The third kappa shape index (κ3) is 4.50. The number of likely N-dealkylation sites (N-methyl/N-ethyl adjacent to an activating group) is 1. The van der Waals surface area contributed by atoms with E-state index < -0.39 is 0 Å². The summed E-state index contributed by atoms with van der Waals surface area (Å²) in [7, 11) is 0. The predicted octanol–water partition coefficient (Wildman–Crippen LogP) is 2.57. The molecule has 100 valence electrons. The zero-order valence-electron chi connectivity index (χ0n) is 10.7. The smallest absolute Gasteiger partial charge is 0.159 e. The van der Waals surface area contributed by atoms with E-state index in [0.29, 0.717) is 6.04 Å². The van der Waals surface area contributed by atoms with E-state index in [1.807, 2.05) is 0 Å². The monoisotopic (exact) mass is 361 g/mol. The fourth-order valence-electron chi connectivity index (χ4n) is 2.21. The molecule has 1 fully saturated rings. The molecule has 0 amide bonds. The van der Waals surface area contributed by atoms with Crippen LogP contribution in [0.25, 0.3) is 0 Å². The molecule has 18 heavy (non-hydrogen) atoms. The van der Waals surface area contributed by atoms with Gasteiger partial charge < -0.3 is 14.8 Å². The van der Waals surface area contributed by atoms with Crippen LogP contribution in [-0.4, -0.2) is 32.1 Å². The Morgan fingerprint density at radius 2 is 1.94 bits per heavy atom. The lowest BCUT2D eigenvalue weighted by Crippen LogP contribution is -2.34. The van der Waals surface area contributed by atoms with Crippen LogP contribution in [0.15, 0.2) is 24.3 Å². The largest absolute Gasteiger partial charge is 0.350 e. The van der Waals surface area contributed by atoms with Crippen LogP contribution in [-0.2, 0) is 15.9 Å². The van der Waals surface area contributed by atoms with E-state index in [1.54, 1.807) is 0 Å². The molecule has 0 saturated carbocycles. The predicted molar refractivity (Wildman–Crippen MR) is 80.6 cm³/mol. The van der Waals surface area contributed by atoms with E-state index in [0.717, 1.165) is 32.6 Å². The zero-order chi connectivity index (χ0) is 12.8. The second-order valence-corrected chi connectivity index (χ2v) is 5.74.